The molecule has 0 radical (unpaired) electrons. The van der Waals surface area contributed by atoms with Crippen LogP contribution in [0.2, 0.25) is 0 Å². The number of hydrogen-bond acceptors (Lipinski definition) is 4. The van der Waals surface area contributed by atoms with Gasteiger partial charge in [0.05, 0.1) is 5.39 Å². The molecule has 6 heteroatoms. The summed E-state index contributed by atoms with van der Waals surface area (Å²) in [6.45, 7) is 2.17. The van der Waals surface area contributed by atoms with Crippen LogP contribution in [-0.2, 0) is 7.05 Å². The van der Waals surface area contributed by atoms with E-state index in [9.17, 15) is 9.59 Å². The second kappa shape index (κ2) is 7.84. The zero-order valence-electron chi connectivity index (χ0n) is 16.0. The van der Waals surface area contributed by atoms with Crippen molar-refractivity contribution >= 4 is 28.1 Å². The van der Waals surface area contributed by atoms with Gasteiger partial charge in [0.1, 0.15) is 0 Å². The molecule has 0 aliphatic carbocycles. The smallest absolute Gasteiger partial charge is 0.276 e. The van der Waals surface area contributed by atoms with Crippen LogP contribution in [0.5, 0.6) is 0 Å². The fraction of sp³-hybridized carbons (Fsp3) is 0.318. The Balaban J connectivity index is 1.56. The summed E-state index contributed by atoms with van der Waals surface area (Å²) >= 11 is 0. The number of carbonyl (C=O) groups excluding carboxylic acids is 1. The minimum atomic E-state index is -0.325. The van der Waals surface area contributed by atoms with Gasteiger partial charge in [0.15, 0.2) is 5.69 Å². The van der Waals surface area contributed by atoms with E-state index in [0.717, 1.165) is 13.1 Å². The third-order valence-corrected chi connectivity index (χ3v) is 5.27. The van der Waals surface area contributed by atoms with E-state index < -0.39 is 0 Å². The van der Waals surface area contributed by atoms with Crippen LogP contribution in [0.1, 0.15) is 36.2 Å². The molecular weight excluding hydrogens is 352 g/mol. The number of nitrogens with zero attached hydrogens (tertiary/aromatic N) is 3. The van der Waals surface area contributed by atoms with Gasteiger partial charge in [0, 0.05) is 36.9 Å². The molecule has 0 bridgehead atoms. The number of nitrogens with one attached hydrogen (secondary N) is 1. The van der Waals surface area contributed by atoms with Crippen molar-refractivity contribution in [1.82, 2.24) is 9.78 Å². The fourth-order valence-electron chi connectivity index (χ4n) is 3.74. The number of hydrogen-bond donors (Lipinski definition) is 1. The number of amides is 1. The summed E-state index contributed by atoms with van der Waals surface area (Å²) in [6.07, 6.45) is 5.05. The highest BCUT2D eigenvalue weighted by molar-refractivity contribution is 6.11. The Labute approximate surface area is 163 Å². The van der Waals surface area contributed by atoms with E-state index in [1.807, 2.05) is 24.3 Å². The van der Waals surface area contributed by atoms with Crippen molar-refractivity contribution in [3.8, 4) is 0 Å². The maximum Gasteiger partial charge on any atom is 0.276 e. The monoisotopic (exact) mass is 376 g/mol. The maximum absolute atomic E-state index is 12.8. The van der Waals surface area contributed by atoms with E-state index in [2.05, 4.69) is 15.3 Å². The average Bonchev–Trinajstić information content (AvgIpc) is 3.01. The van der Waals surface area contributed by atoms with Crippen molar-refractivity contribution < 1.29 is 4.79 Å². The number of rotatable bonds is 3. The van der Waals surface area contributed by atoms with E-state index in [1.165, 1.54) is 36.1 Å². The third-order valence-electron chi connectivity index (χ3n) is 5.27. The number of carbonyl (C=O) groups is 1. The predicted octanol–water partition coefficient (Wildman–Crippen LogP) is 3.57. The molecule has 0 saturated carbocycles. The number of benzene rings is 2. The molecule has 0 spiro atoms. The van der Waals surface area contributed by atoms with Crippen molar-refractivity contribution in [1.29, 1.82) is 0 Å². The lowest BCUT2D eigenvalue weighted by Crippen LogP contribution is -2.25. The molecule has 1 aliphatic heterocycles. The van der Waals surface area contributed by atoms with E-state index in [1.54, 1.807) is 31.3 Å². The Kier molecular flexibility index (Phi) is 5.10. The molecular formula is C22H24N4O2. The van der Waals surface area contributed by atoms with Gasteiger partial charge >= 0.3 is 0 Å². The van der Waals surface area contributed by atoms with E-state index in [4.69, 9.17) is 0 Å². The highest BCUT2D eigenvalue weighted by Gasteiger charge is 2.16. The van der Waals surface area contributed by atoms with Gasteiger partial charge in [-0.3, -0.25) is 9.59 Å². The van der Waals surface area contributed by atoms with Crippen LogP contribution in [0.3, 0.4) is 0 Å². The van der Waals surface area contributed by atoms with Crippen LogP contribution in [-0.4, -0.2) is 28.8 Å². The minimum absolute atomic E-state index is 0.214. The number of aryl methyl sites for hydroxylation is 1. The van der Waals surface area contributed by atoms with Gasteiger partial charge in [-0.25, -0.2) is 4.68 Å². The number of fused-ring (bicyclic) bond motifs is 1. The van der Waals surface area contributed by atoms with Crippen LogP contribution in [0.25, 0.3) is 10.8 Å². The van der Waals surface area contributed by atoms with Gasteiger partial charge in [0.2, 0.25) is 0 Å². The first-order valence-corrected chi connectivity index (χ1v) is 9.76. The summed E-state index contributed by atoms with van der Waals surface area (Å²) < 4.78 is 1.21. The molecule has 2 aromatic carbocycles. The third kappa shape index (κ3) is 3.63. The van der Waals surface area contributed by atoms with Crippen LogP contribution in [0.4, 0.5) is 11.4 Å². The molecule has 1 amide bonds. The Morgan fingerprint density at radius 2 is 1.57 bits per heavy atom. The lowest BCUT2D eigenvalue weighted by molar-refractivity contribution is 0.102. The first kappa shape index (κ1) is 18.2. The second-order valence-electron chi connectivity index (χ2n) is 7.23. The lowest BCUT2D eigenvalue weighted by atomic mass is 10.1. The van der Waals surface area contributed by atoms with Gasteiger partial charge in [-0.15, -0.1) is 0 Å². The van der Waals surface area contributed by atoms with Crippen LogP contribution < -0.4 is 15.8 Å². The topological polar surface area (TPSA) is 67.2 Å². The molecule has 0 atom stereocenters. The Bertz CT molecular complexity index is 1050. The van der Waals surface area contributed by atoms with E-state index >= 15 is 0 Å². The molecule has 1 fully saturated rings. The normalized spacial score (nSPS) is 14.7. The average molecular weight is 376 g/mol. The van der Waals surface area contributed by atoms with E-state index in [0.29, 0.717) is 16.5 Å². The summed E-state index contributed by atoms with van der Waals surface area (Å²) in [5.41, 5.74) is 1.93. The van der Waals surface area contributed by atoms with Crippen molar-refractivity contribution in [3.63, 3.8) is 0 Å². The van der Waals surface area contributed by atoms with Gasteiger partial charge < -0.3 is 10.2 Å². The SMILES string of the molecule is Cn1nc(C(=O)Nc2ccc(N3CCCCCC3)cc2)c2ccccc2c1=O. The molecule has 3 aromatic rings. The molecule has 1 aliphatic rings. The summed E-state index contributed by atoms with van der Waals surface area (Å²) in [6, 6.07) is 15.0. The van der Waals surface area contributed by atoms with Gasteiger partial charge in [-0.05, 0) is 43.2 Å². The Morgan fingerprint density at radius 1 is 0.929 bits per heavy atom. The van der Waals surface area contributed by atoms with Gasteiger partial charge in [-0.2, -0.15) is 5.10 Å². The highest BCUT2D eigenvalue weighted by Crippen LogP contribution is 2.22. The van der Waals surface area contributed by atoms with Crippen molar-refractivity contribution in [2.45, 2.75) is 25.7 Å². The zero-order chi connectivity index (χ0) is 19.5. The largest absolute Gasteiger partial charge is 0.372 e. The highest BCUT2D eigenvalue weighted by atomic mass is 16.2. The summed E-state index contributed by atoms with van der Waals surface area (Å²) in [5.74, 6) is -0.325. The van der Waals surface area contributed by atoms with Crippen LogP contribution in [0.15, 0.2) is 53.3 Å². The summed E-state index contributed by atoms with van der Waals surface area (Å²) in [5, 5.41) is 8.13. The standard InChI is InChI=1S/C22H24N4O2/c1-25-22(28)19-9-5-4-8-18(19)20(24-25)21(27)23-16-10-12-17(13-11-16)26-14-6-2-3-7-15-26/h4-5,8-13H,2-3,6-7,14-15H2,1H3,(H,23,27). The molecule has 28 heavy (non-hydrogen) atoms. The fourth-order valence-corrected chi connectivity index (χ4v) is 3.74. The Hall–Kier alpha value is -3.15. The Morgan fingerprint density at radius 3 is 2.25 bits per heavy atom. The second-order valence-corrected chi connectivity index (χ2v) is 7.23. The first-order chi connectivity index (χ1) is 13.6. The molecule has 0 unspecified atom stereocenters. The summed E-state index contributed by atoms with van der Waals surface area (Å²) in [4.78, 5) is 27.5. The first-order valence-electron chi connectivity index (χ1n) is 9.76. The molecule has 1 N–H and O–H groups in total. The zero-order valence-corrected chi connectivity index (χ0v) is 16.0. The van der Waals surface area contributed by atoms with Crippen LogP contribution >= 0.6 is 0 Å². The molecule has 4 rings (SSSR count). The lowest BCUT2D eigenvalue weighted by Gasteiger charge is -2.22. The molecule has 6 nitrogen and oxygen atoms in total. The maximum atomic E-state index is 12.8. The van der Waals surface area contributed by atoms with Crippen molar-refractivity contribution in [2.24, 2.45) is 7.05 Å². The molecule has 1 aromatic heterocycles. The van der Waals surface area contributed by atoms with Gasteiger partial charge in [0.25, 0.3) is 11.5 Å². The summed E-state index contributed by atoms with van der Waals surface area (Å²) in [7, 11) is 1.56. The van der Waals surface area contributed by atoms with Crippen LogP contribution in [0, 0.1) is 0 Å². The molecule has 2 heterocycles. The number of aromatic nitrogens is 2. The quantitative estimate of drug-likeness (QED) is 0.759. The van der Waals surface area contributed by atoms with Crippen molar-refractivity contribution in [2.75, 3.05) is 23.3 Å². The minimum Gasteiger partial charge on any atom is -0.372 e. The van der Waals surface area contributed by atoms with Crippen molar-refractivity contribution in [3.05, 3.63) is 64.6 Å². The molecule has 1 saturated heterocycles. The molecule has 144 valence electrons. The van der Waals surface area contributed by atoms with E-state index in [-0.39, 0.29) is 17.2 Å². The number of anilines is 2. The predicted molar refractivity (Wildman–Crippen MR) is 112 cm³/mol. The van der Waals surface area contributed by atoms with Gasteiger partial charge in [-0.1, -0.05) is 31.0 Å².